The number of rotatable bonds is 7. The number of hydrogen-bond acceptors (Lipinski definition) is 7. The first-order chi connectivity index (χ1) is 16.8. The van der Waals surface area contributed by atoms with Crippen LogP contribution in [0, 0.1) is 13.8 Å². The summed E-state index contributed by atoms with van der Waals surface area (Å²) < 4.78 is 16.3. The van der Waals surface area contributed by atoms with Gasteiger partial charge < -0.3 is 19.3 Å². The van der Waals surface area contributed by atoms with E-state index in [0.29, 0.717) is 35.1 Å². The highest BCUT2D eigenvalue weighted by molar-refractivity contribution is 7.10. The number of hydrogen-bond donors (Lipinski definition) is 1. The van der Waals surface area contributed by atoms with Crippen LogP contribution in [-0.2, 0) is 9.59 Å². The van der Waals surface area contributed by atoms with E-state index >= 15 is 0 Å². The van der Waals surface area contributed by atoms with Crippen LogP contribution < -0.4 is 19.1 Å². The van der Waals surface area contributed by atoms with Gasteiger partial charge in [0, 0.05) is 22.2 Å². The van der Waals surface area contributed by atoms with Crippen molar-refractivity contribution in [3.8, 4) is 17.2 Å². The fourth-order valence-corrected chi connectivity index (χ4v) is 5.28. The van der Waals surface area contributed by atoms with Crippen LogP contribution in [-0.4, -0.2) is 37.6 Å². The van der Waals surface area contributed by atoms with E-state index in [2.05, 4.69) is 0 Å². The lowest BCUT2D eigenvalue weighted by Crippen LogP contribution is -2.29. The predicted octanol–water partition coefficient (Wildman–Crippen LogP) is 5.41. The minimum Gasteiger partial charge on any atom is -0.507 e. The molecule has 1 unspecified atom stereocenters. The quantitative estimate of drug-likeness (QED) is 0.269. The summed E-state index contributed by atoms with van der Waals surface area (Å²) >= 11 is 1.43. The summed E-state index contributed by atoms with van der Waals surface area (Å²) in [5.41, 5.74) is 2.67. The average Bonchev–Trinajstić information content (AvgIpc) is 3.39. The van der Waals surface area contributed by atoms with Gasteiger partial charge in [-0.3, -0.25) is 14.5 Å². The Labute approximate surface area is 208 Å². The van der Waals surface area contributed by atoms with Gasteiger partial charge in [0.05, 0.1) is 26.4 Å². The molecule has 1 atom stereocenters. The maximum atomic E-state index is 13.4. The van der Waals surface area contributed by atoms with Gasteiger partial charge in [0.15, 0.2) is 11.5 Å². The standard InChI is InChI=1S/C27H27NO6S/c1-6-34-19-9-7-17(13-16(19)3)24(29)22-23(26-15(2)11-12-35-26)28(27(31)25(22)30)18-8-10-20(32-4)21(14-18)33-5/h7-14,23,29H,6H2,1-5H3/b24-22-. The third-order valence-corrected chi connectivity index (χ3v) is 7.06. The Hall–Kier alpha value is -3.78. The van der Waals surface area contributed by atoms with E-state index in [1.165, 1.54) is 30.5 Å². The molecule has 0 aliphatic carbocycles. The second-order valence-electron chi connectivity index (χ2n) is 8.09. The minimum atomic E-state index is -0.792. The van der Waals surface area contributed by atoms with Crippen molar-refractivity contribution in [1.82, 2.24) is 0 Å². The van der Waals surface area contributed by atoms with Gasteiger partial charge in [0.25, 0.3) is 11.7 Å². The Kier molecular flexibility index (Phi) is 6.84. The van der Waals surface area contributed by atoms with E-state index in [-0.39, 0.29) is 11.3 Å². The van der Waals surface area contributed by atoms with Crippen LogP contribution >= 0.6 is 11.3 Å². The highest BCUT2D eigenvalue weighted by atomic mass is 32.1. The van der Waals surface area contributed by atoms with E-state index in [1.807, 2.05) is 32.2 Å². The van der Waals surface area contributed by atoms with Crippen molar-refractivity contribution >= 4 is 34.5 Å². The van der Waals surface area contributed by atoms with Gasteiger partial charge in [-0.05, 0) is 73.7 Å². The molecule has 182 valence electrons. The molecule has 3 aromatic rings. The molecule has 8 heteroatoms. The van der Waals surface area contributed by atoms with Crippen LogP contribution in [0.25, 0.3) is 5.76 Å². The molecule has 0 bridgehead atoms. The van der Waals surface area contributed by atoms with E-state index in [4.69, 9.17) is 14.2 Å². The number of ether oxygens (including phenoxy) is 3. The number of ketones is 1. The molecule has 1 aliphatic rings. The van der Waals surface area contributed by atoms with Crippen molar-refractivity contribution in [3.05, 3.63) is 75.0 Å². The average molecular weight is 494 g/mol. The molecule has 2 aromatic carbocycles. The number of methoxy groups -OCH3 is 2. The van der Waals surface area contributed by atoms with Crippen LogP contribution in [0.4, 0.5) is 5.69 Å². The Balaban J connectivity index is 1.91. The summed E-state index contributed by atoms with van der Waals surface area (Å²) in [6.45, 7) is 6.19. The highest BCUT2D eigenvalue weighted by Gasteiger charge is 2.48. The summed E-state index contributed by atoms with van der Waals surface area (Å²) in [6.07, 6.45) is 0. The number of thiophene rings is 1. The second kappa shape index (κ2) is 9.84. The van der Waals surface area contributed by atoms with E-state index in [1.54, 1.807) is 36.4 Å². The summed E-state index contributed by atoms with van der Waals surface area (Å²) in [4.78, 5) is 28.9. The molecule has 1 aliphatic heterocycles. The highest BCUT2D eigenvalue weighted by Crippen LogP contribution is 2.46. The van der Waals surface area contributed by atoms with Crippen LogP contribution in [0.5, 0.6) is 17.2 Å². The number of anilines is 1. The molecule has 35 heavy (non-hydrogen) atoms. The van der Waals surface area contributed by atoms with E-state index in [0.717, 1.165) is 16.0 Å². The molecule has 1 saturated heterocycles. The number of amides is 1. The van der Waals surface area contributed by atoms with Crippen molar-refractivity contribution in [2.75, 3.05) is 25.7 Å². The number of carbonyl (C=O) groups excluding carboxylic acids is 2. The molecule has 4 rings (SSSR count). The lowest BCUT2D eigenvalue weighted by molar-refractivity contribution is -0.132. The lowest BCUT2D eigenvalue weighted by atomic mass is 9.97. The predicted molar refractivity (Wildman–Crippen MR) is 136 cm³/mol. The zero-order valence-corrected chi connectivity index (χ0v) is 21.1. The fraction of sp³-hybridized carbons (Fsp3) is 0.259. The van der Waals surface area contributed by atoms with Gasteiger partial charge in [-0.2, -0.15) is 0 Å². The third kappa shape index (κ3) is 4.25. The van der Waals surface area contributed by atoms with E-state index < -0.39 is 17.7 Å². The SMILES string of the molecule is CCOc1ccc(/C(O)=C2/C(=O)C(=O)N(c3ccc(OC)c(OC)c3)C2c2sccc2C)cc1C. The third-order valence-electron chi connectivity index (χ3n) is 5.99. The van der Waals surface area contributed by atoms with Crippen LogP contribution in [0.15, 0.2) is 53.4 Å². The summed E-state index contributed by atoms with van der Waals surface area (Å²) in [5.74, 6) is -0.0751. The van der Waals surface area contributed by atoms with Crippen molar-refractivity contribution in [2.45, 2.75) is 26.8 Å². The summed E-state index contributed by atoms with van der Waals surface area (Å²) in [5, 5.41) is 13.3. The molecular formula is C27H27NO6S. The minimum absolute atomic E-state index is 0.0406. The topological polar surface area (TPSA) is 85.3 Å². The lowest BCUT2D eigenvalue weighted by Gasteiger charge is -2.25. The molecule has 1 amide bonds. The zero-order valence-electron chi connectivity index (χ0n) is 20.2. The van der Waals surface area contributed by atoms with Gasteiger partial charge in [-0.1, -0.05) is 0 Å². The van der Waals surface area contributed by atoms with Crippen LogP contribution in [0.2, 0.25) is 0 Å². The van der Waals surface area contributed by atoms with Crippen LogP contribution in [0.3, 0.4) is 0 Å². The number of aryl methyl sites for hydroxylation is 2. The Bertz CT molecular complexity index is 1320. The van der Waals surface area contributed by atoms with Gasteiger partial charge >= 0.3 is 0 Å². The molecule has 0 radical (unpaired) electrons. The molecule has 0 spiro atoms. The van der Waals surface area contributed by atoms with Crippen molar-refractivity contribution < 1.29 is 28.9 Å². The maximum Gasteiger partial charge on any atom is 0.300 e. The molecule has 7 nitrogen and oxygen atoms in total. The first-order valence-corrected chi connectivity index (χ1v) is 12.0. The number of Topliss-reactive ketones (excluding diaryl/α,β-unsaturated/α-hetero) is 1. The number of nitrogens with zero attached hydrogens (tertiary/aromatic N) is 1. The number of benzene rings is 2. The van der Waals surface area contributed by atoms with Crippen molar-refractivity contribution in [2.24, 2.45) is 0 Å². The van der Waals surface area contributed by atoms with Gasteiger partial charge in [-0.15, -0.1) is 11.3 Å². The molecule has 1 N–H and O–H groups in total. The van der Waals surface area contributed by atoms with Gasteiger partial charge in [-0.25, -0.2) is 0 Å². The molecule has 1 fully saturated rings. The maximum absolute atomic E-state index is 13.4. The van der Waals surface area contributed by atoms with Crippen molar-refractivity contribution in [3.63, 3.8) is 0 Å². The number of aliphatic hydroxyl groups is 1. The molecule has 2 heterocycles. The Morgan fingerprint density at radius 2 is 1.69 bits per heavy atom. The molecular weight excluding hydrogens is 466 g/mol. The van der Waals surface area contributed by atoms with Crippen molar-refractivity contribution in [1.29, 1.82) is 0 Å². The van der Waals surface area contributed by atoms with E-state index in [9.17, 15) is 14.7 Å². The summed E-state index contributed by atoms with van der Waals surface area (Å²) in [6, 6.07) is 11.4. The van der Waals surface area contributed by atoms with Crippen LogP contribution in [0.1, 0.15) is 34.5 Å². The largest absolute Gasteiger partial charge is 0.507 e. The first-order valence-electron chi connectivity index (χ1n) is 11.1. The fourth-order valence-electron chi connectivity index (χ4n) is 4.26. The van der Waals surface area contributed by atoms with Gasteiger partial charge in [0.1, 0.15) is 17.6 Å². The Morgan fingerprint density at radius 3 is 2.29 bits per heavy atom. The number of aliphatic hydroxyl groups excluding tert-OH is 1. The normalized spacial score (nSPS) is 17.1. The molecule has 1 aromatic heterocycles. The smallest absolute Gasteiger partial charge is 0.300 e. The number of carbonyl (C=O) groups is 2. The second-order valence-corrected chi connectivity index (χ2v) is 9.04. The van der Waals surface area contributed by atoms with Gasteiger partial charge in [0.2, 0.25) is 0 Å². The molecule has 0 saturated carbocycles. The Morgan fingerprint density at radius 1 is 0.971 bits per heavy atom. The zero-order chi connectivity index (χ0) is 25.3. The summed E-state index contributed by atoms with van der Waals surface area (Å²) in [7, 11) is 3.03. The first kappa shape index (κ1) is 24.3. The monoisotopic (exact) mass is 493 g/mol.